The first-order chi connectivity index (χ1) is 13.7. The van der Waals surface area contributed by atoms with Gasteiger partial charge in [-0.2, -0.15) is 13.2 Å². The fraction of sp³-hybridized carbons (Fsp3) is 0.450. The van der Waals surface area contributed by atoms with Crippen LogP contribution in [0.4, 0.5) is 13.2 Å². The number of benzene rings is 1. The summed E-state index contributed by atoms with van der Waals surface area (Å²) in [5.74, 6) is -0.707. The largest absolute Gasteiger partial charge is 0.416 e. The van der Waals surface area contributed by atoms with Crippen molar-refractivity contribution in [2.24, 2.45) is 17.6 Å². The van der Waals surface area contributed by atoms with E-state index < -0.39 is 29.6 Å². The number of hydrogen-bond acceptors (Lipinski definition) is 4. The Labute approximate surface area is 169 Å². The van der Waals surface area contributed by atoms with Crippen LogP contribution >= 0.6 is 11.3 Å². The number of hydrogen-bond donors (Lipinski definition) is 1. The summed E-state index contributed by atoms with van der Waals surface area (Å²) in [7, 11) is 0. The first kappa shape index (κ1) is 19.9. The van der Waals surface area contributed by atoms with E-state index in [1.165, 1.54) is 17.0 Å². The molecular weight excluding hydrogens is 403 g/mol. The first-order valence-electron chi connectivity index (χ1n) is 9.42. The standard InChI is InChI=1S/C20H20F3N3O2S/c1-10-25-15(17(29-10)11-4-2-6-13(8-11)20(21,22)23)19(28)26-9-12-5-3-7-14(12)16(26)18(24)27/h2,4,6,8,12,14,16H,3,5,7,9H2,1H3,(H2,24,27). The lowest BCUT2D eigenvalue weighted by Crippen LogP contribution is -2.46. The lowest BCUT2D eigenvalue weighted by Gasteiger charge is -2.25. The Kier molecular flexibility index (Phi) is 4.88. The number of thiazole rings is 1. The lowest BCUT2D eigenvalue weighted by atomic mass is 9.93. The summed E-state index contributed by atoms with van der Waals surface area (Å²) in [6.07, 6.45) is -1.69. The minimum Gasteiger partial charge on any atom is -0.368 e. The van der Waals surface area contributed by atoms with Crippen LogP contribution in [0.3, 0.4) is 0 Å². The predicted octanol–water partition coefficient (Wildman–Crippen LogP) is 3.86. The third-order valence-corrected chi connectivity index (χ3v) is 6.85. The Morgan fingerprint density at radius 3 is 2.72 bits per heavy atom. The van der Waals surface area contributed by atoms with Crippen LogP contribution < -0.4 is 5.73 Å². The van der Waals surface area contributed by atoms with Crippen LogP contribution in [0.1, 0.15) is 40.3 Å². The highest BCUT2D eigenvalue weighted by Crippen LogP contribution is 2.43. The number of aryl methyl sites for hydroxylation is 1. The van der Waals surface area contributed by atoms with E-state index in [1.807, 2.05) is 0 Å². The number of likely N-dealkylation sites (tertiary alicyclic amines) is 1. The number of halogens is 3. The molecule has 2 N–H and O–H groups in total. The number of carbonyl (C=O) groups is 2. The lowest BCUT2D eigenvalue weighted by molar-refractivity contribution is -0.137. The number of rotatable bonds is 3. The highest BCUT2D eigenvalue weighted by atomic mass is 32.1. The van der Waals surface area contributed by atoms with E-state index in [0.29, 0.717) is 16.4 Å². The highest BCUT2D eigenvalue weighted by Gasteiger charge is 2.49. The summed E-state index contributed by atoms with van der Waals surface area (Å²) in [5.41, 5.74) is 5.18. The van der Waals surface area contributed by atoms with Gasteiger partial charge >= 0.3 is 6.18 Å². The SMILES string of the molecule is Cc1nc(C(=O)N2CC3CCCC3C2C(N)=O)c(-c2cccc(C(F)(F)F)c2)s1. The third-order valence-electron chi connectivity index (χ3n) is 5.83. The molecule has 1 saturated heterocycles. The quantitative estimate of drug-likeness (QED) is 0.814. The number of fused-ring (bicyclic) bond motifs is 1. The van der Waals surface area contributed by atoms with E-state index >= 15 is 0 Å². The van der Waals surface area contributed by atoms with Crippen molar-refractivity contribution >= 4 is 23.2 Å². The normalized spacial score (nSPS) is 24.0. The van der Waals surface area contributed by atoms with Crippen molar-refractivity contribution in [3.8, 4) is 10.4 Å². The van der Waals surface area contributed by atoms with Crippen molar-refractivity contribution in [3.63, 3.8) is 0 Å². The second-order valence-electron chi connectivity index (χ2n) is 7.65. The molecule has 4 rings (SSSR count). The van der Waals surface area contributed by atoms with Gasteiger partial charge in [0.1, 0.15) is 11.7 Å². The Morgan fingerprint density at radius 2 is 2.03 bits per heavy atom. The van der Waals surface area contributed by atoms with Crippen LogP contribution in [-0.4, -0.2) is 34.3 Å². The van der Waals surface area contributed by atoms with Crippen molar-refractivity contribution in [1.29, 1.82) is 0 Å². The average Bonchev–Trinajstić information content (AvgIpc) is 3.33. The van der Waals surface area contributed by atoms with Crippen molar-refractivity contribution in [2.45, 2.75) is 38.4 Å². The molecule has 3 unspecified atom stereocenters. The zero-order chi connectivity index (χ0) is 20.9. The molecule has 1 aliphatic carbocycles. The summed E-state index contributed by atoms with van der Waals surface area (Å²) in [6.45, 7) is 2.12. The average molecular weight is 423 g/mol. The minimum absolute atomic E-state index is 0.0492. The van der Waals surface area contributed by atoms with Gasteiger partial charge in [0.05, 0.1) is 15.4 Å². The van der Waals surface area contributed by atoms with Gasteiger partial charge in [0.25, 0.3) is 5.91 Å². The predicted molar refractivity (Wildman–Crippen MR) is 102 cm³/mol. The Balaban J connectivity index is 1.72. The topological polar surface area (TPSA) is 76.3 Å². The maximum Gasteiger partial charge on any atom is 0.416 e. The molecule has 2 aliphatic rings. The number of carbonyl (C=O) groups excluding carboxylic acids is 2. The molecule has 2 amide bonds. The minimum atomic E-state index is -4.48. The van der Waals surface area contributed by atoms with Crippen molar-refractivity contribution in [1.82, 2.24) is 9.88 Å². The van der Waals surface area contributed by atoms with Gasteiger partial charge in [0, 0.05) is 6.54 Å². The van der Waals surface area contributed by atoms with E-state index in [2.05, 4.69) is 4.98 Å². The van der Waals surface area contributed by atoms with E-state index in [-0.39, 0.29) is 23.1 Å². The molecule has 1 saturated carbocycles. The molecule has 0 bridgehead atoms. The Bertz CT molecular complexity index is 972. The fourth-order valence-electron chi connectivity index (χ4n) is 4.62. The van der Waals surface area contributed by atoms with Gasteiger partial charge in [-0.1, -0.05) is 18.6 Å². The summed E-state index contributed by atoms with van der Waals surface area (Å²) >= 11 is 1.16. The number of aromatic nitrogens is 1. The van der Waals surface area contributed by atoms with E-state index in [1.54, 1.807) is 6.92 Å². The monoisotopic (exact) mass is 423 g/mol. The molecule has 2 fully saturated rings. The molecule has 0 radical (unpaired) electrons. The van der Waals surface area contributed by atoms with E-state index in [9.17, 15) is 22.8 Å². The molecule has 2 heterocycles. The highest BCUT2D eigenvalue weighted by molar-refractivity contribution is 7.15. The second kappa shape index (κ2) is 7.12. The molecule has 1 aromatic heterocycles. The molecule has 154 valence electrons. The molecule has 5 nitrogen and oxygen atoms in total. The molecular formula is C20H20F3N3O2S. The van der Waals surface area contributed by atoms with Gasteiger partial charge in [-0.05, 0) is 49.3 Å². The van der Waals surface area contributed by atoms with E-state index in [4.69, 9.17) is 5.73 Å². The van der Waals surface area contributed by atoms with Crippen LogP contribution in [0.25, 0.3) is 10.4 Å². The summed E-state index contributed by atoms with van der Waals surface area (Å²) in [6, 6.07) is 4.17. The molecule has 3 atom stereocenters. The summed E-state index contributed by atoms with van der Waals surface area (Å²) < 4.78 is 39.4. The van der Waals surface area contributed by atoms with Crippen LogP contribution in [0, 0.1) is 18.8 Å². The third kappa shape index (κ3) is 3.52. The fourth-order valence-corrected chi connectivity index (χ4v) is 5.53. The van der Waals surface area contributed by atoms with Gasteiger partial charge in [-0.25, -0.2) is 4.98 Å². The number of alkyl halides is 3. The maximum atomic E-state index is 13.3. The molecule has 1 aliphatic heterocycles. The Hall–Kier alpha value is -2.42. The number of primary amides is 1. The second-order valence-corrected chi connectivity index (χ2v) is 8.85. The van der Waals surface area contributed by atoms with Gasteiger partial charge in [-0.3, -0.25) is 9.59 Å². The van der Waals surface area contributed by atoms with Crippen LogP contribution in [0.5, 0.6) is 0 Å². The van der Waals surface area contributed by atoms with Crippen molar-refractivity contribution in [2.75, 3.05) is 6.54 Å². The molecule has 1 aromatic carbocycles. The number of nitrogens with two attached hydrogens (primary N) is 1. The number of nitrogens with zero attached hydrogens (tertiary/aromatic N) is 2. The summed E-state index contributed by atoms with van der Waals surface area (Å²) in [5, 5.41) is 0.566. The zero-order valence-electron chi connectivity index (χ0n) is 15.7. The number of amides is 2. The molecule has 9 heteroatoms. The van der Waals surface area contributed by atoms with Crippen LogP contribution in [0.15, 0.2) is 24.3 Å². The van der Waals surface area contributed by atoms with Gasteiger partial charge in [0.2, 0.25) is 5.91 Å². The van der Waals surface area contributed by atoms with Gasteiger partial charge in [0.15, 0.2) is 0 Å². The molecule has 29 heavy (non-hydrogen) atoms. The molecule has 2 aromatic rings. The van der Waals surface area contributed by atoms with Crippen molar-refractivity contribution in [3.05, 3.63) is 40.5 Å². The van der Waals surface area contributed by atoms with Crippen LogP contribution in [0.2, 0.25) is 0 Å². The first-order valence-corrected chi connectivity index (χ1v) is 10.2. The van der Waals surface area contributed by atoms with Gasteiger partial charge < -0.3 is 10.6 Å². The zero-order valence-corrected chi connectivity index (χ0v) is 16.5. The van der Waals surface area contributed by atoms with Crippen LogP contribution in [-0.2, 0) is 11.0 Å². The van der Waals surface area contributed by atoms with Crippen molar-refractivity contribution < 1.29 is 22.8 Å². The van der Waals surface area contributed by atoms with E-state index in [0.717, 1.165) is 42.7 Å². The molecule has 0 spiro atoms. The maximum absolute atomic E-state index is 13.3. The Morgan fingerprint density at radius 1 is 1.28 bits per heavy atom. The summed E-state index contributed by atoms with van der Waals surface area (Å²) in [4.78, 5) is 31.6. The smallest absolute Gasteiger partial charge is 0.368 e. The van der Waals surface area contributed by atoms with Gasteiger partial charge in [-0.15, -0.1) is 11.3 Å².